The summed E-state index contributed by atoms with van der Waals surface area (Å²) in [5, 5.41) is 10.6. The lowest BCUT2D eigenvalue weighted by Gasteiger charge is -2.20. The monoisotopic (exact) mass is 467 g/mol. The third-order valence-electron chi connectivity index (χ3n) is 5.23. The second-order valence-corrected chi connectivity index (χ2v) is 7.36. The van der Waals surface area contributed by atoms with Crippen molar-refractivity contribution in [1.82, 2.24) is 15.2 Å². The summed E-state index contributed by atoms with van der Waals surface area (Å²) in [5.41, 5.74) is 3.11. The van der Waals surface area contributed by atoms with Crippen LogP contribution >= 0.6 is 0 Å². The van der Waals surface area contributed by atoms with E-state index in [0.717, 1.165) is 6.54 Å². The largest absolute Gasteiger partial charge is 0.496 e. The number of methoxy groups -OCH3 is 1. The molecule has 4 rings (SSSR count). The number of likely N-dealkylation sites (N-methyl/N-ethyl adjacent to an activating group) is 1. The number of hydrogen-bond acceptors (Lipinski definition) is 4. The molecule has 3 N–H and O–H groups in total. The first-order valence-electron chi connectivity index (χ1n) is 9.74. The summed E-state index contributed by atoms with van der Waals surface area (Å²) in [6, 6.07) is 12.9. The van der Waals surface area contributed by atoms with Crippen LogP contribution in [0.3, 0.4) is 0 Å². The molecule has 0 aliphatic carbocycles. The number of aromatic amines is 1. The molecule has 11 heteroatoms. The van der Waals surface area contributed by atoms with Crippen LogP contribution in [0.4, 0.5) is 17.6 Å². The third-order valence-corrected chi connectivity index (χ3v) is 5.23. The Morgan fingerprint density at radius 1 is 1.24 bits per heavy atom. The van der Waals surface area contributed by atoms with E-state index < -0.39 is 18.0 Å². The maximum Gasteiger partial charge on any atom is 0.490 e. The van der Waals surface area contributed by atoms with Crippen LogP contribution in [-0.2, 0) is 11.3 Å². The molecule has 0 spiro atoms. The van der Waals surface area contributed by atoms with E-state index in [-0.39, 0.29) is 17.5 Å². The number of carbonyl (C=O) groups excluding carboxylic acids is 1. The van der Waals surface area contributed by atoms with Gasteiger partial charge in [0.1, 0.15) is 17.3 Å². The van der Waals surface area contributed by atoms with Gasteiger partial charge in [-0.25, -0.2) is 9.18 Å². The van der Waals surface area contributed by atoms with Crippen molar-refractivity contribution >= 4 is 22.8 Å². The number of H-pyrrole nitrogens is 1. The molecule has 1 atom stereocenters. The fraction of sp³-hybridized carbons (Fsp3) is 0.273. The average Bonchev–Trinajstić information content (AvgIpc) is 3.34. The molecule has 0 saturated heterocycles. The Balaban J connectivity index is 0.000000383. The number of nitrogens with one attached hydrogen (secondary N) is 2. The molecule has 33 heavy (non-hydrogen) atoms. The number of carbonyl (C=O) groups is 2. The minimum atomic E-state index is -5.08. The molecule has 1 amide bonds. The minimum Gasteiger partial charge on any atom is -0.496 e. The number of hydrogen-bond donors (Lipinski definition) is 3. The van der Waals surface area contributed by atoms with Gasteiger partial charge in [0.05, 0.1) is 18.7 Å². The molecule has 1 aliphatic heterocycles. The van der Waals surface area contributed by atoms with Gasteiger partial charge in [-0.1, -0.05) is 24.3 Å². The fourth-order valence-corrected chi connectivity index (χ4v) is 3.63. The number of fused-ring (bicyclic) bond motifs is 2. The second-order valence-electron chi connectivity index (χ2n) is 7.36. The van der Waals surface area contributed by atoms with E-state index in [1.54, 1.807) is 12.1 Å². The first-order valence-corrected chi connectivity index (χ1v) is 9.74. The molecule has 1 aromatic heterocycles. The maximum absolute atomic E-state index is 14.0. The number of rotatable bonds is 4. The summed E-state index contributed by atoms with van der Waals surface area (Å²) in [6.07, 6.45) is -5.08. The van der Waals surface area contributed by atoms with Gasteiger partial charge < -0.3 is 20.1 Å². The number of alkyl halides is 3. The summed E-state index contributed by atoms with van der Waals surface area (Å²) in [7, 11) is 3.56. The van der Waals surface area contributed by atoms with Crippen molar-refractivity contribution in [3.05, 3.63) is 65.1 Å². The van der Waals surface area contributed by atoms with E-state index in [1.165, 1.54) is 24.3 Å². The Bertz CT molecular complexity index is 1180. The van der Waals surface area contributed by atoms with Gasteiger partial charge >= 0.3 is 12.1 Å². The topological polar surface area (TPSA) is 94.7 Å². The molecule has 1 aliphatic rings. The minimum absolute atomic E-state index is 0.130. The molecular weight excluding hydrogens is 446 g/mol. The van der Waals surface area contributed by atoms with E-state index in [4.69, 9.17) is 14.6 Å². The molecule has 0 saturated carbocycles. The molecule has 2 aromatic carbocycles. The van der Waals surface area contributed by atoms with Crippen LogP contribution in [0.5, 0.6) is 5.75 Å². The molecule has 176 valence electrons. The number of carboxylic acid groups (broad SMARTS) is 1. The molecule has 1 unspecified atom stereocenters. The normalized spacial score (nSPS) is 15.5. The van der Waals surface area contributed by atoms with Crippen LogP contribution in [-0.4, -0.2) is 53.7 Å². The SMILES string of the molecule is COc1ccc(F)c2[nH]c(C(=O)NCC3c4ccccc4CN3C)cc12.O=C(O)C(F)(F)F. The predicted molar refractivity (Wildman–Crippen MR) is 111 cm³/mol. The molecule has 0 bridgehead atoms. The van der Waals surface area contributed by atoms with Crippen molar-refractivity contribution in [1.29, 1.82) is 0 Å². The summed E-state index contributed by atoms with van der Waals surface area (Å²) < 4.78 is 51.0. The summed E-state index contributed by atoms with van der Waals surface area (Å²) in [6.45, 7) is 1.35. The van der Waals surface area contributed by atoms with Crippen molar-refractivity contribution in [3.8, 4) is 5.75 Å². The van der Waals surface area contributed by atoms with Crippen LogP contribution in [0.15, 0.2) is 42.5 Å². The zero-order valence-electron chi connectivity index (χ0n) is 17.7. The number of carboxylic acids is 1. The highest BCUT2D eigenvalue weighted by atomic mass is 19.4. The van der Waals surface area contributed by atoms with Crippen LogP contribution < -0.4 is 10.1 Å². The van der Waals surface area contributed by atoms with Gasteiger partial charge in [-0.15, -0.1) is 0 Å². The highest BCUT2D eigenvalue weighted by Crippen LogP contribution is 2.32. The van der Waals surface area contributed by atoms with Gasteiger partial charge in [-0.05, 0) is 36.4 Å². The molecule has 0 radical (unpaired) electrons. The summed E-state index contributed by atoms with van der Waals surface area (Å²) in [5.74, 6) is -2.90. The van der Waals surface area contributed by atoms with Gasteiger partial charge in [0.2, 0.25) is 0 Å². The van der Waals surface area contributed by atoms with Gasteiger partial charge in [-0.2, -0.15) is 13.2 Å². The zero-order valence-corrected chi connectivity index (χ0v) is 17.7. The third kappa shape index (κ3) is 5.25. The van der Waals surface area contributed by atoms with Crippen molar-refractivity contribution in [3.63, 3.8) is 0 Å². The van der Waals surface area contributed by atoms with Crippen LogP contribution in [0.1, 0.15) is 27.7 Å². The van der Waals surface area contributed by atoms with Crippen LogP contribution in [0.2, 0.25) is 0 Å². The highest BCUT2D eigenvalue weighted by molar-refractivity contribution is 5.99. The van der Waals surface area contributed by atoms with Gasteiger partial charge in [-0.3, -0.25) is 9.69 Å². The standard InChI is InChI=1S/C20H20FN3O2.C2HF3O2/c1-24-11-12-5-3-4-6-13(12)17(24)10-22-20(25)16-9-14-18(26-2)8-7-15(21)19(14)23-16;3-2(4,5)1(6)7/h3-9,17,23H,10-11H2,1-2H3,(H,22,25);(H,6,7). The van der Waals surface area contributed by atoms with E-state index in [9.17, 15) is 22.4 Å². The molecular formula is C22H21F4N3O4. The Kier molecular flexibility index (Phi) is 6.92. The number of nitrogens with zero attached hydrogens (tertiary/aromatic N) is 1. The average molecular weight is 467 g/mol. The smallest absolute Gasteiger partial charge is 0.490 e. The maximum atomic E-state index is 14.0. The molecule has 7 nitrogen and oxygen atoms in total. The predicted octanol–water partition coefficient (Wildman–Crippen LogP) is 3.87. The Hall–Kier alpha value is -3.60. The summed E-state index contributed by atoms with van der Waals surface area (Å²) in [4.78, 5) is 26.5. The fourth-order valence-electron chi connectivity index (χ4n) is 3.63. The number of amides is 1. The lowest BCUT2D eigenvalue weighted by Crippen LogP contribution is -2.33. The summed E-state index contributed by atoms with van der Waals surface area (Å²) >= 11 is 0. The highest BCUT2D eigenvalue weighted by Gasteiger charge is 2.38. The lowest BCUT2D eigenvalue weighted by molar-refractivity contribution is -0.192. The van der Waals surface area contributed by atoms with E-state index in [1.807, 2.05) is 19.2 Å². The van der Waals surface area contributed by atoms with Gasteiger partial charge in [0.15, 0.2) is 0 Å². The van der Waals surface area contributed by atoms with E-state index >= 15 is 0 Å². The van der Waals surface area contributed by atoms with Crippen molar-refractivity contribution < 1.29 is 37.0 Å². The van der Waals surface area contributed by atoms with Crippen molar-refractivity contribution in [2.45, 2.75) is 18.8 Å². The lowest BCUT2D eigenvalue weighted by atomic mass is 10.1. The number of halogens is 4. The number of ether oxygens (including phenoxy) is 1. The second kappa shape index (κ2) is 9.49. The van der Waals surface area contributed by atoms with Crippen molar-refractivity contribution in [2.24, 2.45) is 0 Å². The Labute approximate surface area is 186 Å². The number of benzene rings is 2. The first kappa shape index (κ1) is 24.1. The molecule has 3 aromatic rings. The quantitative estimate of drug-likeness (QED) is 0.507. The van der Waals surface area contributed by atoms with Gasteiger partial charge in [0.25, 0.3) is 5.91 Å². The van der Waals surface area contributed by atoms with E-state index in [0.29, 0.717) is 23.4 Å². The molecule has 2 heterocycles. The van der Waals surface area contributed by atoms with Crippen LogP contribution in [0.25, 0.3) is 10.9 Å². The first-order chi connectivity index (χ1) is 15.5. The number of aromatic nitrogens is 1. The number of aliphatic carboxylic acids is 1. The Morgan fingerprint density at radius 3 is 2.55 bits per heavy atom. The van der Waals surface area contributed by atoms with E-state index in [2.05, 4.69) is 27.3 Å². The molecule has 0 fully saturated rings. The van der Waals surface area contributed by atoms with Crippen molar-refractivity contribution in [2.75, 3.05) is 20.7 Å². The Morgan fingerprint density at radius 2 is 1.91 bits per heavy atom. The van der Waals surface area contributed by atoms with Crippen LogP contribution in [0, 0.1) is 5.82 Å². The zero-order chi connectivity index (χ0) is 24.3. The van der Waals surface area contributed by atoms with Gasteiger partial charge in [0, 0.05) is 18.5 Å².